The summed E-state index contributed by atoms with van der Waals surface area (Å²) >= 11 is 0. The molecule has 0 bridgehead atoms. The predicted octanol–water partition coefficient (Wildman–Crippen LogP) is 1.20. The van der Waals surface area contributed by atoms with E-state index >= 15 is 0 Å². The molecule has 2 N–H and O–H groups in total. The van der Waals surface area contributed by atoms with Crippen LogP contribution in [0.2, 0.25) is 0 Å². The zero-order valence-electron chi connectivity index (χ0n) is 12.0. The zero-order chi connectivity index (χ0) is 14.7. The van der Waals surface area contributed by atoms with Gasteiger partial charge in [0.25, 0.3) is 5.91 Å². The molecule has 1 aromatic carbocycles. The minimum Gasteiger partial charge on any atom is -0.394 e. The maximum Gasteiger partial charge on any atom is 0.251 e. The van der Waals surface area contributed by atoms with Gasteiger partial charge in [0.05, 0.1) is 18.2 Å². The van der Waals surface area contributed by atoms with E-state index in [9.17, 15) is 9.90 Å². The Bertz CT molecular complexity index is 606. The number of carbonyl (C=O) groups is 1. The standard InChI is InChI=1S/C14H20N4O2/c1-4-18-13-6-5-10(7-11(13)16-17-18)14(20)15-12(8-19)9(2)3/h5-7,9,12,19H,4,8H2,1-3H3,(H,15,20)/t12-/m1/s1. The van der Waals surface area contributed by atoms with E-state index in [2.05, 4.69) is 15.6 Å². The predicted molar refractivity (Wildman–Crippen MR) is 76.4 cm³/mol. The van der Waals surface area contributed by atoms with Crippen molar-refractivity contribution in [2.45, 2.75) is 33.4 Å². The van der Waals surface area contributed by atoms with E-state index < -0.39 is 0 Å². The third-order valence-corrected chi connectivity index (χ3v) is 3.39. The molecule has 0 spiro atoms. The maximum absolute atomic E-state index is 12.2. The molecule has 1 heterocycles. The lowest BCUT2D eigenvalue weighted by molar-refractivity contribution is 0.0897. The van der Waals surface area contributed by atoms with Gasteiger partial charge in [0, 0.05) is 12.1 Å². The van der Waals surface area contributed by atoms with Crippen molar-refractivity contribution in [3.8, 4) is 0 Å². The summed E-state index contributed by atoms with van der Waals surface area (Å²) in [6.07, 6.45) is 0. The van der Waals surface area contributed by atoms with E-state index in [-0.39, 0.29) is 24.5 Å². The number of aryl methyl sites for hydroxylation is 1. The van der Waals surface area contributed by atoms with Gasteiger partial charge in [0.2, 0.25) is 0 Å². The highest BCUT2D eigenvalue weighted by molar-refractivity contribution is 5.97. The zero-order valence-corrected chi connectivity index (χ0v) is 12.0. The summed E-state index contributed by atoms with van der Waals surface area (Å²) in [7, 11) is 0. The lowest BCUT2D eigenvalue weighted by Gasteiger charge is -2.19. The fourth-order valence-corrected chi connectivity index (χ4v) is 2.02. The second kappa shape index (κ2) is 6.00. The lowest BCUT2D eigenvalue weighted by Crippen LogP contribution is -2.41. The van der Waals surface area contributed by atoms with Gasteiger partial charge in [0.15, 0.2) is 0 Å². The number of fused-ring (bicyclic) bond motifs is 1. The quantitative estimate of drug-likeness (QED) is 0.860. The number of aromatic nitrogens is 3. The van der Waals surface area contributed by atoms with Gasteiger partial charge >= 0.3 is 0 Å². The SMILES string of the molecule is CCn1nnc2cc(C(=O)N[C@H](CO)C(C)C)ccc21. The largest absolute Gasteiger partial charge is 0.394 e. The molecule has 1 atom stereocenters. The molecule has 0 fully saturated rings. The van der Waals surface area contributed by atoms with Gasteiger partial charge in [-0.1, -0.05) is 19.1 Å². The first kappa shape index (κ1) is 14.5. The fraction of sp³-hybridized carbons (Fsp3) is 0.500. The molecule has 6 heteroatoms. The number of carbonyl (C=O) groups excluding carboxylic acids is 1. The molecule has 1 amide bonds. The van der Waals surface area contributed by atoms with Crippen LogP contribution >= 0.6 is 0 Å². The Balaban J connectivity index is 2.22. The molecule has 1 aromatic heterocycles. The van der Waals surface area contributed by atoms with Crippen LogP contribution < -0.4 is 5.32 Å². The topological polar surface area (TPSA) is 80.0 Å². The summed E-state index contributed by atoms with van der Waals surface area (Å²) < 4.78 is 1.78. The first-order valence-corrected chi connectivity index (χ1v) is 6.81. The van der Waals surface area contributed by atoms with Crippen LogP contribution in [-0.2, 0) is 6.54 Å². The van der Waals surface area contributed by atoms with Gasteiger partial charge in [-0.25, -0.2) is 4.68 Å². The molecule has 108 valence electrons. The van der Waals surface area contributed by atoms with Crippen LogP contribution in [0.25, 0.3) is 11.0 Å². The second-order valence-electron chi connectivity index (χ2n) is 5.12. The number of rotatable bonds is 5. The van der Waals surface area contributed by atoms with Crippen molar-refractivity contribution in [3.63, 3.8) is 0 Å². The minimum absolute atomic E-state index is 0.0718. The van der Waals surface area contributed by atoms with E-state index in [1.54, 1.807) is 16.8 Å². The number of nitrogens with one attached hydrogen (secondary N) is 1. The molecule has 2 rings (SSSR count). The maximum atomic E-state index is 12.2. The minimum atomic E-state index is -0.246. The number of amides is 1. The molecule has 0 aliphatic rings. The highest BCUT2D eigenvalue weighted by atomic mass is 16.3. The monoisotopic (exact) mass is 276 g/mol. The molecule has 0 aliphatic heterocycles. The van der Waals surface area contributed by atoms with Crippen molar-refractivity contribution in [1.29, 1.82) is 0 Å². The first-order chi connectivity index (χ1) is 9.56. The Hall–Kier alpha value is -1.95. The van der Waals surface area contributed by atoms with Crippen LogP contribution in [0.4, 0.5) is 0 Å². The van der Waals surface area contributed by atoms with Gasteiger partial charge in [-0.05, 0) is 31.0 Å². The van der Waals surface area contributed by atoms with E-state index in [4.69, 9.17) is 0 Å². The summed E-state index contributed by atoms with van der Waals surface area (Å²) in [5, 5.41) is 20.1. The van der Waals surface area contributed by atoms with E-state index in [0.717, 1.165) is 12.1 Å². The Labute approximate surface area is 117 Å². The van der Waals surface area contributed by atoms with Gasteiger partial charge in [-0.15, -0.1) is 5.10 Å². The summed E-state index contributed by atoms with van der Waals surface area (Å²) in [6.45, 7) is 6.57. The summed E-state index contributed by atoms with van der Waals surface area (Å²) in [6, 6.07) is 5.07. The average Bonchev–Trinajstić information content (AvgIpc) is 2.86. The van der Waals surface area contributed by atoms with Crippen molar-refractivity contribution in [1.82, 2.24) is 20.3 Å². The van der Waals surface area contributed by atoms with Gasteiger partial charge < -0.3 is 10.4 Å². The van der Waals surface area contributed by atoms with Crippen molar-refractivity contribution >= 4 is 16.9 Å². The highest BCUT2D eigenvalue weighted by Gasteiger charge is 2.17. The molecular weight excluding hydrogens is 256 g/mol. The second-order valence-corrected chi connectivity index (χ2v) is 5.12. The summed E-state index contributed by atoms with van der Waals surface area (Å²) in [5.41, 5.74) is 2.14. The first-order valence-electron chi connectivity index (χ1n) is 6.81. The molecule has 2 aromatic rings. The van der Waals surface area contributed by atoms with Crippen molar-refractivity contribution in [2.75, 3.05) is 6.61 Å². The van der Waals surface area contributed by atoms with Gasteiger partial charge in [0.1, 0.15) is 5.52 Å². The number of nitrogens with zero attached hydrogens (tertiary/aromatic N) is 3. The van der Waals surface area contributed by atoms with Crippen LogP contribution in [0.15, 0.2) is 18.2 Å². The number of hydrogen-bond acceptors (Lipinski definition) is 4. The number of hydrogen-bond donors (Lipinski definition) is 2. The molecule has 0 saturated carbocycles. The molecule has 0 unspecified atom stereocenters. The van der Waals surface area contributed by atoms with Crippen LogP contribution in [-0.4, -0.2) is 38.7 Å². The van der Waals surface area contributed by atoms with Gasteiger partial charge in [-0.2, -0.15) is 0 Å². The molecule has 0 saturated heterocycles. The third-order valence-electron chi connectivity index (χ3n) is 3.39. The highest BCUT2D eigenvalue weighted by Crippen LogP contribution is 2.14. The number of benzene rings is 1. The lowest BCUT2D eigenvalue weighted by atomic mass is 10.0. The third kappa shape index (κ3) is 2.80. The van der Waals surface area contributed by atoms with Crippen LogP contribution in [0.1, 0.15) is 31.1 Å². The van der Waals surface area contributed by atoms with E-state index in [1.807, 2.05) is 26.8 Å². The Morgan fingerprint density at radius 1 is 1.45 bits per heavy atom. The van der Waals surface area contributed by atoms with Crippen molar-refractivity contribution < 1.29 is 9.90 Å². The van der Waals surface area contributed by atoms with Gasteiger partial charge in [-0.3, -0.25) is 4.79 Å². The molecule has 20 heavy (non-hydrogen) atoms. The smallest absolute Gasteiger partial charge is 0.251 e. The summed E-state index contributed by atoms with van der Waals surface area (Å²) in [4.78, 5) is 12.2. The molecular formula is C14H20N4O2. The average molecular weight is 276 g/mol. The van der Waals surface area contributed by atoms with Crippen molar-refractivity contribution in [3.05, 3.63) is 23.8 Å². The molecule has 0 aliphatic carbocycles. The van der Waals surface area contributed by atoms with Crippen LogP contribution in [0.3, 0.4) is 0 Å². The van der Waals surface area contributed by atoms with Crippen LogP contribution in [0, 0.1) is 5.92 Å². The Morgan fingerprint density at radius 2 is 2.20 bits per heavy atom. The normalized spacial score (nSPS) is 12.8. The van der Waals surface area contributed by atoms with E-state index in [0.29, 0.717) is 11.1 Å². The van der Waals surface area contributed by atoms with E-state index in [1.165, 1.54) is 0 Å². The number of aliphatic hydroxyl groups excluding tert-OH is 1. The van der Waals surface area contributed by atoms with Crippen LogP contribution in [0.5, 0.6) is 0 Å². The van der Waals surface area contributed by atoms with Crippen molar-refractivity contribution in [2.24, 2.45) is 5.92 Å². The Morgan fingerprint density at radius 3 is 2.80 bits per heavy atom. The molecule has 6 nitrogen and oxygen atoms in total. The molecule has 0 radical (unpaired) electrons. The Kier molecular flexibility index (Phi) is 4.34. The fourth-order valence-electron chi connectivity index (χ4n) is 2.02. The number of aliphatic hydroxyl groups is 1. The summed E-state index contributed by atoms with van der Waals surface area (Å²) in [5.74, 6) is -0.0284.